The van der Waals surface area contributed by atoms with Crippen molar-refractivity contribution >= 4 is 23.2 Å². The van der Waals surface area contributed by atoms with E-state index in [1.54, 1.807) is 18.5 Å². The highest BCUT2D eigenvalue weighted by Gasteiger charge is 2.38. The minimum absolute atomic E-state index is 0.169. The third-order valence-corrected chi connectivity index (χ3v) is 5.04. The van der Waals surface area contributed by atoms with Crippen molar-refractivity contribution in [3.8, 4) is 5.75 Å². The molecule has 1 fully saturated rings. The van der Waals surface area contributed by atoms with E-state index in [0.717, 1.165) is 35.5 Å². The molecule has 0 atom stereocenters. The van der Waals surface area contributed by atoms with Crippen LogP contribution in [0.2, 0.25) is 0 Å². The van der Waals surface area contributed by atoms with Gasteiger partial charge in [-0.3, -0.25) is 4.79 Å². The predicted octanol–water partition coefficient (Wildman–Crippen LogP) is 4.23. The number of aryl methyl sites for hydroxylation is 1. The molecular weight excluding hydrogens is 352 g/mol. The Balaban J connectivity index is 1.54. The molecule has 0 unspecified atom stereocenters. The van der Waals surface area contributed by atoms with E-state index in [4.69, 9.17) is 4.74 Å². The zero-order chi connectivity index (χ0) is 19.1. The first kappa shape index (κ1) is 16.7. The second-order valence-corrected chi connectivity index (χ2v) is 7.20. The molecule has 6 nitrogen and oxygen atoms in total. The second-order valence-electron chi connectivity index (χ2n) is 7.20. The highest BCUT2D eigenvalue weighted by Crippen LogP contribution is 2.43. The number of carbonyl (C=O) groups excluding carboxylic acids is 1. The van der Waals surface area contributed by atoms with Gasteiger partial charge < -0.3 is 15.0 Å². The number of fused-ring (bicyclic) bond motifs is 2. The molecule has 0 radical (unpaired) electrons. The molecular formula is C22H20N4O2. The summed E-state index contributed by atoms with van der Waals surface area (Å²) in [5, 5.41) is 3.04. The quantitative estimate of drug-likeness (QED) is 0.742. The number of nitrogens with zero attached hydrogens (tertiary/aromatic N) is 3. The average Bonchev–Trinajstić information content (AvgIpc) is 3.54. The van der Waals surface area contributed by atoms with Gasteiger partial charge >= 0.3 is 0 Å². The van der Waals surface area contributed by atoms with Crippen LogP contribution < -0.4 is 15.0 Å². The van der Waals surface area contributed by atoms with Crippen molar-refractivity contribution in [2.45, 2.75) is 32.4 Å². The van der Waals surface area contributed by atoms with Crippen LogP contribution in [0.3, 0.4) is 0 Å². The number of aromatic nitrogens is 2. The third kappa shape index (κ3) is 2.97. The summed E-state index contributed by atoms with van der Waals surface area (Å²) in [5.74, 6) is 2.04. The summed E-state index contributed by atoms with van der Waals surface area (Å²) >= 11 is 0. The van der Waals surface area contributed by atoms with Gasteiger partial charge in [-0.15, -0.1) is 0 Å². The molecule has 0 saturated heterocycles. The second kappa shape index (κ2) is 6.64. The van der Waals surface area contributed by atoms with Crippen LogP contribution in [-0.2, 0) is 6.61 Å². The van der Waals surface area contributed by atoms with Gasteiger partial charge in [-0.25, -0.2) is 9.97 Å². The monoisotopic (exact) mass is 372 g/mol. The molecule has 0 bridgehead atoms. The molecule has 3 heterocycles. The number of rotatable bonds is 4. The Labute approximate surface area is 163 Å². The van der Waals surface area contributed by atoms with Crippen LogP contribution in [0.15, 0.2) is 54.9 Å². The predicted molar refractivity (Wildman–Crippen MR) is 107 cm³/mol. The molecule has 28 heavy (non-hydrogen) atoms. The third-order valence-electron chi connectivity index (χ3n) is 5.04. The van der Waals surface area contributed by atoms with E-state index in [9.17, 15) is 4.79 Å². The molecule has 1 amide bonds. The summed E-state index contributed by atoms with van der Waals surface area (Å²) in [6.07, 6.45) is 5.62. The largest absolute Gasteiger partial charge is 0.489 e. The van der Waals surface area contributed by atoms with E-state index in [2.05, 4.69) is 20.2 Å². The zero-order valence-corrected chi connectivity index (χ0v) is 15.6. The van der Waals surface area contributed by atoms with Gasteiger partial charge in [0.1, 0.15) is 18.2 Å². The standard InChI is InChI=1S/C22H20N4O2/c1-14-4-2-5-17(12-14)28-13-15-9-11-24-21-19(15)25-22(27)18-6-3-10-23-20(18)26(21)16-7-8-16/h2-6,9-12,16H,7-8,13H2,1H3,(H,25,27). The Bertz CT molecular complexity index is 1060. The Kier molecular flexibility index (Phi) is 3.97. The van der Waals surface area contributed by atoms with Crippen molar-refractivity contribution < 1.29 is 9.53 Å². The number of carbonyl (C=O) groups is 1. The summed E-state index contributed by atoms with van der Waals surface area (Å²) in [6.45, 7) is 2.38. The molecule has 140 valence electrons. The summed E-state index contributed by atoms with van der Waals surface area (Å²) in [7, 11) is 0. The number of benzene rings is 1. The van der Waals surface area contributed by atoms with E-state index in [-0.39, 0.29) is 5.91 Å². The SMILES string of the molecule is Cc1cccc(OCc2ccnc3c2NC(=O)c2cccnc2N3C2CC2)c1. The fraction of sp³-hybridized carbons (Fsp3) is 0.227. The van der Waals surface area contributed by atoms with Crippen LogP contribution in [0, 0.1) is 6.92 Å². The Morgan fingerprint density at radius 2 is 1.96 bits per heavy atom. The van der Waals surface area contributed by atoms with Crippen LogP contribution in [-0.4, -0.2) is 21.9 Å². The normalized spacial score (nSPS) is 15.3. The highest BCUT2D eigenvalue weighted by atomic mass is 16.5. The van der Waals surface area contributed by atoms with Crippen molar-refractivity contribution in [3.63, 3.8) is 0 Å². The highest BCUT2D eigenvalue weighted by molar-refractivity contribution is 6.11. The summed E-state index contributed by atoms with van der Waals surface area (Å²) in [4.78, 5) is 24.1. The van der Waals surface area contributed by atoms with Gasteiger partial charge in [-0.2, -0.15) is 0 Å². The topological polar surface area (TPSA) is 67.3 Å². The maximum absolute atomic E-state index is 12.9. The van der Waals surface area contributed by atoms with Gasteiger partial charge in [0.25, 0.3) is 5.91 Å². The van der Waals surface area contributed by atoms with Gasteiger partial charge in [0.2, 0.25) is 0 Å². The Hall–Kier alpha value is -3.41. The molecule has 5 rings (SSSR count). The maximum atomic E-state index is 12.9. The van der Waals surface area contributed by atoms with Crippen molar-refractivity contribution in [1.82, 2.24) is 9.97 Å². The lowest BCUT2D eigenvalue weighted by Crippen LogP contribution is -2.22. The van der Waals surface area contributed by atoms with Gasteiger partial charge in [-0.05, 0) is 55.7 Å². The Morgan fingerprint density at radius 3 is 2.79 bits per heavy atom. The minimum Gasteiger partial charge on any atom is -0.489 e. The first-order chi connectivity index (χ1) is 13.7. The molecule has 2 aliphatic rings. The lowest BCUT2D eigenvalue weighted by Gasteiger charge is -2.24. The summed E-state index contributed by atoms with van der Waals surface area (Å²) < 4.78 is 5.99. The van der Waals surface area contributed by atoms with Crippen molar-refractivity contribution in [2.75, 3.05) is 10.2 Å². The number of amides is 1. The lowest BCUT2D eigenvalue weighted by atomic mass is 10.2. The maximum Gasteiger partial charge on any atom is 0.259 e. The molecule has 1 aliphatic carbocycles. The van der Waals surface area contributed by atoms with E-state index >= 15 is 0 Å². The number of pyridine rings is 2. The molecule has 0 spiro atoms. The zero-order valence-electron chi connectivity index (χ0n) is 15.6. The fourth-order valence-corrected chi connectivity index (χ4v) is 3.52. The molecule has 1 aromatic carbocycles. The first-order valence-corrected chi connectivity index (χ1v) is 9.43. The number of nitrogens with one attached hydrogen (secondary N) is 1. The van der Waals surface area contributed by atoms with Gasteiger partial charge in [0.15, 0.2) is 5.82 Å². The van der Waals surface area contributed by atoms with Crippen LogP contribution in [0.25, 0.3) is 0 Å². The number of ether oxygens (including phenoxy) is 1. The van der Waals surface area contributed by atoms with E-state index in [1.807, 2.05) is 43.3 Å². The van der Waals surface area contributed by atoms with Gasteiger partial charge in [-0.1, -0.05) is 12.1 Å². The smallest absolute Gasteiger partial charge is 0.259 e. The van der Waals surface area contributed by atoms with Crippen molar-refractivity contribution in [3.05, 3.63) is 71.5 Å². The number of hydrogen-bond donors (Lipinski definition) is 1. The van der Waals surface area contributed by atoms with Crippen LogP contribution in [0.5, 0.6) is 5.75 Å². The molecule has 1 saturated carbocycles. The Morgan fingerprint density at radius 1 is 1.11 bits per heavy atom. The van der Waals surface area contributed by atoms with E-state index < -0.39 is 0 Å². The molecule has 2 aromatic heterocycles. The molecule has 1 aliphatic heterocycles. The average molecular weight is 372 g/mol. The fourth-order valence-electron chi connectivity index (χ4n) is 3.52. The summed E-state index contributed by atoms with van der Waals surface area (Å²) in [6, 6.07) is 13.7. The molecule has 1 N–H and O–H groups in total. The molecule has 6 heteroatoms. The van der Waals surface area contributed by atoms with Gasteiger partial charge in [0, 0.05) is 24.0 Å². The summed E-state index contributed by atoms with van der Waals surface area (Å²) in [5.41, 5.74) is 3.29. The van der Waals surface area contributed by atoms with Crippen LogP contribution >= 0.6 is 0 Å². The lowest BCUT2D eigenvalue weighted by molar-refractivity contribution is 0.102. The number of anilines is 3. The van der Waals surface area contributed by atoms with Crippen LogP contribution in [0.4, 0.5) is 17.3 Å². The van der Waals surface area contributed by atoms with Crippen LogP contribution in [0.1, 0.15) is 34.3 Å². The molecule has 3 aromatic rings. The minimum atomic E-state index is -0.169. The first-order valence-electron chi connectivity index (χ1n) is 9.43. The van der Waals surface area contributed by atoms with Crippen molar-refractivity contribution in [1.29, 1.82) is 0 Å². The van der Waals surface area contributed by atoms with E-state index in [0.29, 0.717) is 29.7 Å². The van der Waals surface area contributed by atoms with Gasteiger partial charge in [0.05, 0.1) is 11.3 Å². The van der Waals surface area contributed by atoms with Crippen molar-refractivity contribution in [2.24, 2.45) is 0 Å². The number of hydrogen-bond acceptors (Lipinski definition) is 5. The van der Waals surface area contributed by atoms with E-state index in [1.165, 1.54) is 0 Å².